The molecule has 0 saturated heterocycles. The predicted octanol–water partition coefficient (Wildman–Crippen LogP) is 4.61. The summed E-state index contributed by atoms with van der Waals surface area (Å²) in [6, 6.07) is 19.6. The molecule has 0 bridgehead atoms. The standard InChI is InChI=1S/C18H17NO2/c1-2-20-16-11-6-12-17(18(16)19)21-15-10-5-8-13-7-3-4-9-14(13)15/h3-12H,2,19H2,1H3. The van der Waals surface area contributed by atoms with Crippen LogP contribution in [-0.2, 0) is 0 Å². The molecule has 0 aliphatic rings. The molecule has 3 nitrogen and oxygen atoms in total. The van der Waals surface area contributed by atoms with Crippen molar-refractivity contribution in [2.75, 3.05) is 12.3 Å². The smallest absolute Gasteiger partial charge is 0.154 e. The topological polar surface area (TPSA) is 44.5 Å². The van der Waals surface area contributed by atoms with Crippen molar-refractivity contribution in [3.8, 4) is 17.2 Å². The Bertz CT molecular complexity index is 763. The van der Waals surface area contributed by atoms with Gasteiger partial charge in [0.1, 0.15) is 17.2 Å². The first-order valence-electron chi connectivity index (χ1n) is 6.96. The van der Waals surface area contributed by atoms with Crippen LogP contribution in [0.4, 0.5) is 5.69 Å². The summed E-state index contributed by atoms with van der Waals surface area (Å²) in [7, 11) is 0. The molecular weight excluding hydrogens is 262 g/mol. The Balaban J connectivity index is 2.01. The monoisotopic (exact) mass is 279 g/mol. The normalized spacial score (nSPS) is 10.5. The fourth-order valence-electron chi connectivity index (χ4n) is 2.30. The molecule has 0 fully saturated rings. The summed E-state index contributed by atoms with van der Waals surface area (Å²) in [4.78, 5) is 0. The first kappa shape index (κ1) is 13.3. The number of hydrogen-bond donors (Lipinski definition) is 1. The van der Waals surface area contributed by atoms with Crippen molar-refractivity contribution in [3.63, 3.8) is 0 Å². The molecule has 0 aromatic heterocycles. The van der Waals surface area contributed by atoms with E-state index in [-0.39, 0.29) is 0 Å². The van der Waals surface area contributed by atoms with E-state index < -0.39 is 0 Å². The third-order valence-corrected chi connectivity index (χ3v) is 3.30. The van der Waals surface area contributed by atoms with Gasteiger partial charge in [-0.3, -0.25) is 0 Å². The average molecular weight is 279 g/mol. The lowest BCUT2D eigenvalue weighted by Crippen LogP contribution is -1.99. The molecule has 0 unspecified atom stereocenters. The van der Waals surface area contributed by atoms with Gasteiger partial charge in [-0.15, -0.1) is 0 Å². The summed E-state index contributed by atoms with van der Waals surface area (Å²) in [5.74, 6) is 2.04. The molecule has 3 heteroatoms. The van der Waals surface area contributed by atoms with Crippen molar-refractivity contribution in [3.05, 3.63) is 60.7 Å². The van der Waals surface area contributed by atoms with Crippen LogP contribution in [-0.4, -0.2) is 6.61 Å². The van der Waals surface area contributed by atoms with E-state index in [1.807, 2.05) is 55.5 Å². The van der Waals surface area contributed by atoms with Gasteiger partial charge in [-0.25, -0.2) is 0 Å². The van der Waals surface area contributed by atoms with E-state index in [0.717, 1.165) is 16.5 Å². The molecule has 0 radical (unpaired) electrons. The molecule has 0 heterocycles. The van der Waals surface area contributed by atoms with Gasteiger partial charge in [0.2, 0.25) is 0 Å². The van der Waals surface area contributed by atoms with E-state index in [4.69, 9.17) is 15.2 Å². The molecule has 3 aromatic carbocycles. The maximum absolute atomic E-state index is 6.11. The third-order valence-electron chi connectivity index (χ3n) is 3.30. The maximum atomic E-state index is 6.11. The Morgan fingerprint density at radius 3 is 2.33 bits per heavy atom. The largest absolute Gasteiger partial charge is 0.492 e. The molecule has 0 amide bonds. The summed E-state index contributed by atoms with van der Waals surface area (Å²) >= 11 is 0. The van der Waals surface area contributed by atoms with Crippen LogP contribution in [0.3, 0.4) is 0 Å². The molecule has 2 N–H and O–H groups in total. The number of rotatable bonds is 4. The van der Waals surface area contributed by atoms with Crippen molar-refractivity contribution < 1.29 is 9.47 Å². The number of para-hydroxylation sites is 1. The maximum Gasteiger partial charge on any atom is 0.154 e. The summed E-state index contributed by atoms with van der Waals surface area (Å²) in [5, 5.41) is 2.19. The first-order chi connectivity index (χ1) is 10.3. The average Bonchev–Trinajstić information content (AvgIpc) is 2.52. The van der Waals surface area contributed by atoms with Gasteiger partial charge in [-0.1, -0.05) is 42.5 Å². The number of anilines is 1. The van der Waals surface area contributed by atoms with E-state index in [1.54, 1.807) is 0 Å². The minimum Gasteiger partial charge on any atom is -0.492 e. The molecule has 21 heavy (non-hydrogen) atoms. The highest BCUT2D eigenvalue weighted by Crippen LogP contribution is 2.36. The second-order valence-electron chi connectivity index (χ2n) is 4.68. The lowest BCUT2D eigenvalue weighted by molar-refractivity contribution is 0.340. The van der Waals surface area contributed by atoms with Gasteiger partial charge in [-0.2, -0.15) is 0 Å². The predicted molar refractivity (Wildman–Crippen MR) is 86.0 cm³/mol. The number of hydrogen-bond acceptors (Lipinski definition) is 3. The molecular formula is C18H17NO2. The summed E-state index contributed by atoms with van der Waals surface area (Å²) in [6.45, 7) is 2.50. The van der Waals surface area contributed by atoms with Crippen molar-refractivity contribution in [1.29, 1.82) is 0 Å². The fourth-order valence-corrected chi connectivity index (χ4v) is 2.30. The zero-order chi connectivity index (χ0) is 14.7. The summed E-state index contributed by atoms with van der Waals surface area (Å²) in [6.07, 6.45) is 0. The van der Waals surface area contributed by atoms with Crippen LogP contribution in [0.1, 0.15) is 6.92 Å². The van der Waals surface area contributed by atoms with Gasteiger partial charge in [-0.05, 0) is 30.5 Å². The van der Waals surface area contributed by atoms with Crippen LogP contribution in [0.25, 0.3) is 10.8 Å². The van der Waals surface area contributed by atoms with Crippen LogP contribution >= 0.6 is 0 Å². The molecule has 0 aliphatic carbocycles. The number of ether oxygens (including phenoxy) is 2. The van der Waals surface area contributed by atoms with E-state index in [1.165, 1.54) is 0 Å². The van der Waals surface area contributed by atoms with Gasteiger partial charge < -0.3 is 15.2 Å². The van der Waals surface area contributed by atoms with Crippen molar-refractivity contribution in [1.82, 2.24) is 0 Å². The molecule has 106 valence electrons. The Kier molecular flexibility index (Phi) is 3.65. The zero-order valence-electron chi connectivity index (χ0n) is 11.9. The van der Waals surface area contributed by atoms with Crippen LogP contribution in [0, 0.1) is 0 Å². The van der Waals surface area contributed by atoms with Crippen LogP contribution in [0.5, 0.6) is 17.2 Å². The van der Waals surface area contributed by atoms with Gasteiger partial charge in [0.05, 0.1) is 6.61 Å². The highest BCUT2D eigenvalue weighted by atomic mass is 16.5. The highest BCUT2D eigenvalue weighted by molar-refractivity contribution is 5.88. The quantitative estimate of drug-likeness (QED) is 0.709. The van der Waals surface area contributed by atoms with E-state index in [2.05, 4.69) is 12.1 Å². The Morgan fingerprint density at radius 1 is 0.810 bits per heavy atom. The number of nitrogen functional groups attached to an aromatic ring is 1. The zero-order valence-corrected chi connectivity index (χ0v) is 11.9. The minimum absolute atomic E-state index is 0.521. The summed E-state index contributed by atoms with van der Waals surface area (Å²) in [5.41, 5.74) is 6.63. The Morgan fingerprint density at radius 2 is 1.48 bits per heavy atom. The minimum atomic E-state index is 0.521. The van der Waals surface area contributed by atoms with Gasteiger partial charge in [0, 0.05) is 5.39 Å². The third kappa shape index (κ3) is 2.63. The fraction of sp³-hybridized carbons (Fsp3) is 0.111. The van der Waals surface area contributed by atoms with Gasteiger partial charge >= 0.3 is 0 Å². The van der Waals surface area contributed by atoms with Gasteiger partial charge in [0.15, 0.2) is 5.75 Å². The second-order valence-corrected chi connectivity index (χ2v) is 4.68. The Hall–Kier alpha value is -2.68. The molecule has 0 aliphatic heterocycles. The van der Waals surface area contributed by atoms with Gasteiger partial charge in [0.25, 0.3) is 0 Å². The molecule has 0 saturated carbocycles. The summed E-state index contributed by atoms with van der Waals surface area (Å²) < 4.78 is 11.5. The second kappa shape index (κ2) is 5.75. The first-order valence-corrected chi connectivity index (χ1v) is 6.96. The lowest BCUT2D eigenvalue weighted by atomic mass is 10.1. The van der Waals surface area contributed by atoms with Crippen molar-refractivity contribution in [2.24, 2.45) is 0 Å². The van der Waals surface area contributed by atoms with Crippen LogP contribution in [0.2, 0.25) is 0 Å². The van der Waals surface area contributed by atoms with E-state index in [0.29, 0.717) is 23.8 Å². The van der Waals surface area contributed by atoms with E-state index >= 15 is 0 Å². The van der Waals surface area contributed by atoms with Crippen LogP contribution < -0.4 is 15.2 Å². The SMILES string of the molecule is CCOc1cccc(Oc2cccc3ccccc23)c1N. The molecule has 0 spiro atoms. The highest BCUT2D eigenvalue weighted by Gasteiger charge is 2.09. The molecule has 3 rings (SSSR count). The molecule has 0 atom stereocenters. The Labute approximate surface area is 123 Å². The van der Waals surface area contributed by atoms with Crippen molar-refractivity contribution >= 4 is 16.5 Å². The van der Waals surface area contributed by atoms with Crippen LogP contribution in [0.15, 0.2) is 60.7 Å². The number of nitrogens with two attached hydrogens (primary N) is 1. The van der Waals surface area contributed by atoms with E-state index in [9.17, 15) is 0 Å². The van der Waals surface area contributed by atoms with Crippen molar-refractivity contribution in [2.45, 2.75) is 6.92 Å². The molecule has 3 aromatic rings. The number of benzene rings is 3. The lowest BCUT2D eigenvalue weighted by Gasteiger charge is -2.13. The number of fused-ring (bicyclic) bond motifs is 1.